The summed E-state index contributed by atoms with van der Waals surface area (Å²) < 4.78 is 11.1. The van der Waals surface area contributed by atoms with Crippen LogP contribution in [0.3, 0.4) is 0 Å². The molecule has 0 aliphatic carbocycles. The van der Waals surface area contributed by atoms with Crippen molar-refractivity contribution < 1.29 is 9.47 Å². The van der Waals surface area contributed by atoms with Crippen molar-refractivity contribution in [2.75, 3.05) is 32.8 Å². The minimum Gasteiger partial charge on any atom is -0.486 e. The monoisotopic (exact) mass is 264 g/mol. The lowest BCUT2D eigenvalue weighted by molar-refractivity contribution is 0.171. The van der Waals surface area contributed by atoms with Crippen LogP contribution in [0.1, 0.15) is 18.9 Å². The van der Waals surface area contributed by atoms with Gasteiger partial charge < -0.3 is 20.5 Å². The highest BCUT2D eigenvalue weighted by molar-refractivity contribution is 5.43. The molecule has 0 saturated heterocycles. The Hall–Kier alpha value is -1.26. The van der Waals surface area contributed by atoms with E-state index >= 15 is 0 Å². The molecule has 0 amide bonds. The number of benzene rings is 1. The normalized spacial score (nSPS) is 15.3. The second-order valence-corrected chi connectivity index (χ2v) is 5.11. The summed E-state index contributed by atoms with van der Waals surface area (Å²) in [6.07, 6.45) is 2.14. The van der Waals surface area contributed by atoms with Crippen molar-refractivity contribution in [1.29, 1.82) is 0 Å². The van der Waals surface area contributed by atoms with Crippen molar-refractivity contribution in [3.63, 3.8) is 0 Å². The first-order chi connectivity index (χ1) is 9.29. The summed E-state index contributed by atoms with van der Waals surface area (Å²) in [5.74, 6) is 2.34. The molecule has 0 spiro atoms. The number of rotatable bonds is 7. The van der Waals surface area contributed by atoms with Crippen molar-refractivity contribution in [1.82, 2.24) is 5.32 Å². The van der Waals surface area contributed by atoms with Gasteiger partial charge in [0.2, 0.25) is 0 Å². The van der Waals surface area contributed by atoms with Gasteiger partial charge in [-0.25, -0.2) is 0 Å². The fourth-order valence-electron chi connectivity index (χ4n) is 2.07. The molecule has 1 heterocycles. The van der Waals surface area contributed by atoms with Crippen LogP contribution in [0.5, 0.6) is 11.5 Å². The Labute approximate surface area is 115 Å². The second kappa shape index (κ2) is 7.36. The van der Waals surface area contributed by atoms with Crippen LogP contribution < -0.4 is 20.5 Å². The van der Waals surface area contributed by atoms with Gasteiger partial charge in [-0.1, -0.05) is 13.0 Å². The Morgan fingerprint density at radius 2 is 2.00 bits per heavy atom. The third-order valence-electron chi connectivity index (χ3n) is 3.41. The molecule has 1 atom stereocenters. The predicted octanol–water partition coefficient (Wildman–Crippen LogP) is 1.57. The van der Waals surface area contributed by atoms with E-state index in [1.165, 1.54) is 5.56 Å². The van der Waals surface area contributed by atoms with E-state index in [-0.39, 0.29) is 0 Å². The number of hydrogen-bond acceptors (Lipinski definition) is 4. The third-order valence-corrected chi connectivity index (χ3v) is 3.41. The molecule has 1 aromatic carbocycles. The molecule has 0 bridgehead atoms. The maximum atomic E-state index is 5.59. The Morgan fingerprint density at radius 1 is 1.21 bits per heavy atom. The molecular weight excluding hydrogens is 240 g/mol. The Balaban J connectivity index is 1.71. The number of hydrogen-bond donors (Lipinski definition) is 2. The summed E-state index contributed by atoms with van der Waals surface area (Å²) in [6.45, 7) is 6.26. The molecule has 3 N–H and O–H groups in total. The zero-order valence-corrected chi connectivity index (χ0v) is 11.7. The van der Waals surface area contributed by atoms with Crippen LogP contribution in [0.2, 0.25) is 0 Å². The molecule has 0 fully saturated rings. The van der Waals surface area contributed by atoms with Crippen LogP contribution in [0.25, 0.3) is 0 Å². The van der Waals surface area contributed by atoms with Gasteiger partial charge in [0.15, 0.2) is 11.5 Å². The minimum atomic E-state index is 0.599. The Kier molecular flexibility index (Phi) is 5.48. The van der Waals surface area contributed by atoms with Crippen LogP contribution in [-0.2, 0) is 6.42 Å². The number of nitrogens with two attached hydrogens (primary N) is 1. The predicted molar refractivity (Wildman–Crippen MR) is 76.8 cm³/mol. The molecule has 1 unspecified atom stereocenters. The molecule has 4 nitrogen and oxygen atoms in total. The number of nitrogens with one attached hydrogen (secondary N) is 1. The molecule has 2 rings (SSSR count). The molecule has 1 aromatic rings. The molecule has 106 valence electrons. The molecule has 0 radical (unpaired) electrons. The summed E-state index contributed by atoms with van der Waals surface area (Å²) in [4.78, 5) is 0. The zero-order valence-electron chi connectivity index (χ0n) is 11.7. The van der Waals surface area contributed by atoms with Crippen molar-refractivity contribution >= 4 is 0 Å². The number of ether oxygens (including phenoxy) is 2. The molecule has 0 saturated carbocycles. The van der Waals surface area contributed by atoms with Crippen LogP contribution >= 0.6 is 0 Å². The van der Waals surface area contributed by atoms with Gasteiger partial charge in [0.25, 0.3) is 0 Å². The maximum absolute atomic E-state index is 5.59. The quantitative estimate of drug-likeness (QED) is 0.734. The first-order valence-corrected chi connectivity index (χ1v) is 7.09. The van der Waals surface area contributed by atoms with Gasteiger partial charge in [0, 0.05) is 0 Å². The summed E-state index contributed by atoms with van der Waals surface area (Å²) >= 11 is 0. The van der Waals surface area contributed by atoms with E-state index in [1.807, 2.05) is 6.07 Å². The Bertz CT molecular complexity index is 396. The second-order valence-electron chi connectivity index (χ2n) is 5.11. The molecule has 4 heteroatoms. The summed E-state index contributed by atoms with van der Waals surface area (Å²) in [5.41, 5.74) is 6.87. The van der Waals surface area contributed by atoms with E-state index in [0.29, 0.717) is 19.1 Å². The highest BCUT2D eigenvalue weighted by Gasteiger charge is 2.11. The van der Waals surface area contributed by atoms with Crippen molar-refractivity contribution in [2.45, 2.75) is 19.8 Å². The third kappa shape index (κ3) is 4.40. The van der Waals surface area contributed by atoms with Crippen LogP contribution in [0.15, 0.2) is 18.2 Å². The maximum Gasteiger partial charge on any atom is 0.161 e. The largest absolute Gasteiger partial charge is 0.486 e. The summed E-state index contributed by atoms with van der Waals surface area (Å²) in [7, 11) is 0. The zero-order chi connectivity index (χ0) is 13.5. The first kappa shape index (κ1) is 14.2. The van der Waals surface area contributed by atoms with Crippen molar-refractivity contribution in [3.05, 3.63) is 23.8 Å². The van der Waals surface area contributed by atoms with E-state index in [4.69, 9.17) is 15.2 Å². The average molecular weight is 264 g/mol. The van der Waals surface area contributed by atoms with E-state index in [1.54, 1.807) is 0 Å². The minimum absolute atomic E-state index is 0.599. The van der Waals surface area contributed by atoms with Gasteiger partial charge in [-0.2, -0.15) is 0 Å². The van der Waals surface area contributed by atoms with Gasteiger partial charge in [0.05, 0.1) is 0 Å². The van der Waals surface area contributed by atoms with Gasteiger partial charge >= 0.3 is 0 Å². The number of fused-ring (bicyclic) bond motifs is 1. The van der Waals surface area contributed by atoms with Crippen molar-refractivity contribution in [3.8, 4) is 11.5 Å². The highest BCUT2D eigenvalue weighted by atomic mass is 16.6. The highest BCUT2D eigenvalue weighted by Crippen LogP contribution is 2.30. The first-order valence-electron chi connectivity index (χ1n) is 7.09. The lowest BCUT2D eigenvalue weighted by Gasteiger charge is -2.19. The van der Waals surface area contributed by atoms with Crippen LogP contribution in [-0.4, -0.2) is 32.8 Å². The molecule has 1 aliphatic heterocycles. The van der Waals surface area contributed by atoms with Crippen LogP contribution in [0, 0.1) is 5.92 Å². The van der Waals surface area contributed by atoms with Gasteiger partial charge in [-0.05, 0) is 56.1 Å². The topological polar surface area (TPSA) is 56.5 Å². The fourth-order valence-corrected chi connectivity index (χ4v) is 2.07. The molecule has 0 aromatic heterocycles. The van der Waals surface area contributed by atoms with Gasteiger partial charge in [-0.15, -0.1) is 0 Å². The van der Waals surface area contributed by atoms with Crippen LogP contribution in [0.4, 0.5) is 0 Å². The van der Waals surface area contributed by atoms with E-state index in [0.717, 1.165) is 44.0 Å². The lowest BCUT2D eigenvalue weighted by atomic mass is 10.1. The fraction of sp³-hybridized carbons (Fsp3) is 0.600. The molecule has 1 aliphatic rings. The van der Waals surface area contributed by atoms with Gasteiger partial charge in [-0.3, -0.25) is 0 Å². The van der Waals surface area contributed by atoms with Gasteiger partial charge in [0.1, 0.15) is 13.2 Å². The average Bonchev–Trinajstić information content (AvgIpc) is 2.46. The van der Waals surface area contributed by atoms with E-state index in [9.17, 15) is 0 Å². The standard InChI is InChI=1S/C15H24N2O2/c1-12(11-16)4-6-17-7-5-13-2-3-14-15(10-13)19-9-8-18-14/h2-3,10,12,17H,4-9,11,16H2,1H3. The lowest BCUT2D eigenvalue weighted by Crippen LogP contribution is -2.22. The summed E-state index contributed by atoms with van der Waals surface area (Å²) in [6, 6.07) is 6.19. The summed E-state index contributed by atoms with van der Waals surface area (Å²) in [5, 5.41) is 3.45. The van der Waals surface area contributed by atoms with E-state index in [2.05, 4.69) is 24.4 Å². The SMILES string of the molecule is CC(CN)CCNCCc1ccc2c(c1)OCCO2. The smallest absolute Gasteiger partial charge is 0.161 e. The Morgan fingerprint density at radius 3 is 2.79 bits per heavy atom. The molecule has 19 heavy (non-hydrogen) atoms. The van der Waals surface area contributed by atoms with E-state index < -0.39 is 0 Å². The molecular formula is C15H24N2O2. The van der Waals surface area contributed by atoms with Crippen molar-refractivity contribution in [2.24, 2.45) is 11.7 Å².